The molecule has 0 unspecified atom stereocenters. The van der Waals surface area contributed by atoms with Crippen molar-refractivity contribution in [1.82, 2.24) is 0 Å². The van der Waals surface area contributed by atoms with Crippen LogP contribution < -0.4 is 0 Å². The van der Waals surface area contributed by atoms with Gasteiger partial charge < -0.3 is 0 Å². The van der Waals surface area contributed by atoms with Gasteiger partial charge >= 0.3 is 0 Å². The molecule has 0 N–H and O–H groups in total. The molecule has 0 amide bonds. The van der Waals surface area contributed by atoms with Gasteiger partial charge in [-0.1, -0.05) is 205 Å². The van der Waals surface area contributed by atoms with Gasteiger partial charge in [-0.15, -0.1) is 69.1 Å². The van der Waals surface area contributed by atoms with Gasteiger partial charge in [-0.2, -0.15) is 0 Å². The van der Waals surface area contributed by atoms with Gasteiger partial charge in [0.15, 0.2) is 0 Å². The number of hydrogen-bond acceptors (Lipinski definition) is 0. The van der Waals surface area contributed by atoms with Crippen LogP contribution in [0.25, 0.3) is 87.6 Å². The van der Waals surface area contributed by atoms with Crippen LogP contribution in [-0.2, 0) is 25.8 Å². The van der Waals surface area contributed by atoms with Crippen molar-refractivity contribution in [3.63, 3.8) is 0 Å². The summed E-state index contributed by atoms with van der Waals surface area (Å²) < 4.78 is 0. The molecule has 0 heterocycles. The van der Waals surface area contributed by atoms with E-state index in [1.807, 2.05) is 0 Å². The zero-order valence-corrected chi connectivity index (χ0v) is 35.2. The summed E-state index contributed by atoms with van der Waals surface area (Å²) in [5.74, 6) is 0. The Balaban J connectivity index is 0.000000153. The van der Waals surface area contributed by atoms with Crippen molar-refractivity contribution < 1.29 is 25.8 Å². The third-order valence-electron chi connectivity index (χ3n) is 9.88. The fraction of sp³-hybridized carbons (Fsp3) is 0.0385. The predicted molar refractivity (Wildman–Crippen MR) is 233 cm³/mol. The van der Waals surface area contributed by atoms with Crippen LogP contribution in [-0.4, -0.2) is 9.52 Å². The molecule has 0 aliphatic heterocycles. The average molecular weight is 871 g/mol. The summed E-state index contributed by atoms with van der Waals surface area (Å²) >= 11 is 0. The average Bonchev–Trinajstić information content (AvgIpc) is 3.87. The normalized spacial score (nSPS) is 10.7. The summed E-state index contributed by atoms with van der Waals surface area (Å²) in [6, 6.07) is 74.0. The van der Waals surface area contributed by atoms with E-state index in [4.69, 9.17) is 0 Å². The van der Waals surface area contributed by atoms with Crippen molar-refractivity contribution in [3.8, 4) is 44.5 Å². The molecule has 2 radical (unpaired) electrons. The van der Waals surface area contributed by atoms with Crippen LogP contribution in [0.3, 0.4) is 0 Å². The van der Waals surface area contributed by atoms with Gasteiger partial charge in [-0.05, 0) is 32.7 Å². The van der Waals surface area contributed by atoms with Crippen molar-refractivity contribution in [2.45, 2.75) is 13.1 Å². The molecule has 10 rings (SSSR count). The third-order valence-corrected chi connectivity index (χ3v) is 9.88. The van der Waals surface area contributed by atoms with Crippen molar-refractivity contribution in [2.24, 2.45) is 0 Å². The van der Waals surface area contributed by atoms with Crippen LogP contribution in [0, 0.1) is 0 Å². The molecule has 0 nitrogen and oxygen atoms in total. The number of rotatable bonds is 4. The van der Waals surface area contributed by atoms with E-state index in [2.05, 4.69) is 219 Å². The number of benzene rings is 8. The van der Waals surface area contributed by atoms with E-state index in [1.54, 1.807) is 0 Å². The van der Waals surface area contributed by atoms with Gasteiger partial charge in [0.1, 0.15) is 0 Å². The largest absolute Gasteiger partial charge is 0.144 e. The van der Waals surface area contributed by atoms with Crippen LogP contribution in [0.15, 0.2) is 206 Å². The quantitative estimate of drug-likeness (QED) is 0.122. The van der Waals surface area contributed by atoms with E-state index < -0.39 is 0 Å². The van der Waals surface area contributed by atoms with Gasteiger partial charge in [0.2, 0.25) is 0 Å². The minimum Gasteiger partial charge on any atom is -0.144 e. The first-order chi connectivity index (χ1) is 26.2. The summed E-state index contributed by atoms with van der Waals surface area (Å²) in [7, 11) is 1.08. The van der Waals surface area contributed by atoms with E-state index in [-0.39, 0.29) is 25.8 Å². The molecule has 0 aliphatic carbocycles. The maximum atomic E-state index is 2.32. The second-order valence-electron chi connectivity index (χ2n) is 13.4. The predicted octanol–water partition coefficient (Wildman–Crippen LogP) is 14.9. The summed E-state index contributed by atoms with van der Waals surface area (Å²) in [5, 5.41) is 10.4. The second kappa shape index (κ2) is 17.2. The molecule has 0 saturated carbocycles. The molecule has 258 valence electrons. The van der Waals surface area contributed by atoms with Gasteiger partial charge in [0.05, 0.1) is 0 Å². The monoisotopic (exact) mass is 872 g/mol. The Hall–Kier alpha value is -5.41. The third kappa shape index (κ3) is 7.64. The first-order valence-electron chi connectivity index (χ1n) is 18.3. The van der Waals surface area contributed by atoms with E-state index in [9.17, 15) is 0 Å². The first kappa shape index (κ1) is 36.9. The molecule has 0 aliphatic rings. The Labute approximate surface area is 340 Å². The van der Waals surface area contributed by atoms with Crippen molar-refractivity contribution in [3.05, 3.63) is 206 Å². The zero-order chi connectivity index (χ0) is 36.0. The minimum atomic E-state index is 0. The second-order valence-corrected chi connectivity index (χ2v) is 14.4. The fourth-order valence-electron chi connectivity index (χ4n) is 7.45. The molecule has 0 bridgehead atoms. The maximum Gasteiger partial charge on any atom is 0.0307 e. The fourth-order valence-corrected chi connectivity index (χ4v) is 7.45. The molecule has 0 spiro atoms. The topological polar surface area (TPSA) is 0 Å². The molecule has 10 aromatic carbocycles. The maximum absolute atomic E-state index is 2.32. The van der Waals surface area contributed by atoms with Crippen LogP contribution in [0.1, 0.15) is 0 Å². The molecule has 0 fully saturated rings. The van der Waals surface area contributed by atoms with Crippen molar-refractivity contribution in [2.75, 3.05) is 0 Å². The smallest absolute Gasteiger partial charge is 0.0307 e. The molecular weight excluding hydrogens is 831 g/mol. The summed E-state index contributed by atoms with van der Waals surface area (Å²) in [6.07, 6.45) is 0. The van der Waals surface area contributed by atoms with Crippen LogP contribution in [0.4, 0.5) is 0 Å². The van der Waals surface area contributed by atoms with Crippen LogP contribution in [0.2, 0.25) is 13.1 Å². The molecule has 10 aromatic rings. The Morgan fingerprint density at radius 3 is 1.06 bits per heavy atom. The van der Waals surface area contributed by atoms with Gasteiger partial charge in [-0.3, -0.25) is 0 Å². The molecule has 0 aromatic heterocycles. The van der Waals surface area contributed by atoms with E-state index in [1.165, 1.54) is 87.6 Å². The van der Waals surface area contributed by atoms with Crippen LogP contribution >= 0.6 is 0 Å². The standard InChI is InChI=1S/2C25H17.C2H6Si.Hf/c2*1-2-8-18(9-3-1)21-16-20-12-7-15-24(25(20)17-21)23-14-6-11-19-10-4-5-13-22(19)23;1-3-2;/h2*1-17H;1-2H3;/q2*-1;;. The zero-order valence-electron chi connectivity index (χ0n) is 30.6. The Bertz CT molecular complexity index is 2570. The van der Waals surface area contributed by atoms with Gasteiger partial charge in [0.25, 0.3) is 0 Å². The SMILES string of the molecule is C[Si]C.[Hf].c1ccc(-c2cc3c(-c4cccc5ccccc45)cccc3[cH-]2)cc1.c1ccc(-c2cc3c(-c4cccc5ccccc45)cccc3[cH-]2)cc1. The Morgan fingerprint density at radius 1 is 0.333 bits per heavy atom. The first-order valence-corrected chi connectivity index (χ1v) is 20.3. The van der Waals surface area contributed by atoms with Gasteiger partial charge in [0, 0.05) is 35.4 Å². The van der Waals surface area contributed by atoms with Crippen LogP contribution in [0.5, 0.6) is 0 Å². The number of hydrogen-bond donors (Lipinski definition) is 0. The molecule has 0 atom stereocenters. The molecule has 2 heteroatoms. The summed E-state index contributed by atoms with van der Waals surface area (Å²) in [6.45, 7) is 4.31. The molecule has 0 saturated heterocycles. The van der Waals surface area contributed by atoms with E-state index in [0.717, 1.165) is 9.52 Å². The number of fused-ring (bicyclic) bond motifs is 4. The van der Waals surface area contributed by atoms with Crippen molar-refractivity contribution >= 4 is 52.6 Å². The van der Waals surface area contributed by atoms with Crippen molar-refractivity contribution in [1.29, 1.82) is 0 Å². The van der Waals surface area contributed by atoms with E-state index in [0.29, 0.717) is 0 Å². The molecular formula is C52H40HfSi-2. The van der Waals surface area contributed by atoms with Gasteiger partial charge in [-0.25, -0.2) is 0 Å². The molecule has 54 heavy (non-hydrogen) atoms. The van der Waals surface area contributed by atoms with E-state index >= 15 is 0 Å². The Morgan fingerprint density at radius 2 is 0.648 bits per heavy atom. The summed E-state index contributed by atoms with van der Waals surface area (Å²) in [5.41, 5.74) is 10.3. The Kier molecular flexibility index (Phi) is 11.7. The summed E-state index contributed by atoms with van der Waals surface area (Å²) in [4.78, 5) is 0. The minimum absolute atomic E-state index is 0.